The number of nitrogens with zero attached hydrogens (tertiary/aromatic N) is 1. The zero-order chi connectivity index (χ0) is 28.5. The largest absolute Gasteiger partial charge is 0.493 e. The van der Waals surface area contributed by atoms with Crippen molar-refractivity contribution >= 4 is 45.2 Å². The van der Waals surface area contributed by atoms with Gasteiger partial charge in [-0.1, -0.05) is 69.5 Å². The number of halogens is 2. The third-order valence-electron chi connectivity index (χ3n) is 5.86. The van der Waals surface area contributed by atoms with E-state index < -0.39 is 5.91 Å². The lowest BCUT2D eigenvalue weighted by Gasteiger charge is -2.14. The van der Waals surface area contributed by atoms with Gasteiger partial charge in [0.05, 0.1) is 12.1 Å². The van der Waals surface area contributed by atoms with Crippen LogP contribution in [0, 0.1) is 18.3 Å². The predicted octanol–water partition coefficient (Wildman–Crippen LogP) is 8.12. The first-order chi connectivity index (χ1) is 19.3. The molecule has 0 bridgehead atoms. The molecule has 202 valence electrons. The highest BCUT2D eigenvalue weighted by atomic mass is 79.9. The van der Waals surface area contributed by atoms with Crippen LogP contribution in [0.2, 0.25) is 5.02 Å². The minimum absolute atomic E-state index is 0.0954. The van der Waals surface area contributed by atoms with Gasteiger partial charge in [-0.2, -0.15) is 5.26 Å². The minimum Gasteiger partial charge on any atom is -0.493 e. The molecule has 4 rings (SSSR count). The summed E-state index contributed by atoms with van der Waals surface area (Å²) in [4.78, 5) is 12.8. The lowest BCUT2D eigenvalue weighted by molar-refractivity contribution is -0.112. The Morgan fingerprint density at radius 3 is 2.20 bits per heavy atom. The Kier molecular flexibility index (Phi) is 9.85. The highest BCUT2D eigenvalue weighted by Gasteiger charge is 2.15. The predicted molar refractivity (Wildman–Crippen MR) is 161 cm³/mol. The number of ether oxygens (including phenoxy) is 3. The van der Waals surface area contributed by atoms with Gasteiger partial charge in [0.2, 0.25) is 0 Å². The lowest BCUT2D eigenvalue weighted by atomic mass is 10.1. The Morgan fingerprint density at radius 1 is 0.950 bits per heavy atom. The number of anilines is 1. The first-order valence-electron chi connectivity index (χ1n) is 12.3. The Balaban J connectivity index is 1.41. The fraction of sp³-hybridized carbons (Fsp3) is 0.125. The van der Waals surface area contributed by atoms with E-state index in [1.807, 2.05) is 61.5 Å². The van der Waals surface area contributed by atoms with Crippen LogP contribution >= 0.6 is 27.5 Å². The van der Waals surface area contributed by atoms with Crippen LogP contribution in [0.25, 0.3) is 6.08 Å². The second-order valence-electron chi connectivity index (χ2n) is 8.87. The summed E-state index contributed by atoms with van der Waals surface area (Å²) >= 11 is 9.91. The monoisotopic (exact) mass is 616 g/mol. The van der Waals surface area contributed by atoms with E-state index in [2.05, 4.69) is 21.2 Å². The van der Waals surface area contributed by atoms with Crippen LogP contribution in [-0.4, -0.2) is 13.0 Å². The van der Waals surface area contributed by atoms with Crippen LogP contribution in [0.3, 0.4) is 0 Å². The van der Waals surface area contributed by atoms with Gasteiger partial charge in [-0.05, 0) is 78.2 Å². The van der Waals surface area contributed by atoms with Gasteiger partial charge < -0.3 is 19.5 Å². The fourth-order valence-electron chi connectivity index (χ4n) is 3.70. The lowest BCUT2D eigenvalue weighted by Crippen LogP contribution is -2.13. The second-order valence-corrected chi connectivity index (χ2v) is 10.2. The van der Waals surface area contributed by atoms with E-state index in [4.69, 9.17) is 25.8 Å². The second kappa shape index (κ2) is 13.7. The van der Waals surface area contributed by atoms with E-state index in [0.29, 0.717) is 46.7 Å². The van der Waals surface area contributed by atoms with E-state index in [0.717, 1.165) is 21.2 Å². The number of benzene rings is 4. The summed E-state index contributed by atoms with van der Waals surface area (Å²) in [7, 11) is 1.50. The molecule has 0 spiro atoms. The highest BCUT2D eigenvalue weighted by molar-refractivity contribution is 9.10. The van der Waals surface area contributed by atoms with Crippen LogP contribution < -0.4 is 19.5 Å². The number of hydrogen-bond donors (Lipinski definition) is 1. The first-order valence-corrected chi connectivity index (χ1v) is 13.5. The number of nitriles is 1. The van der Waals surface area contributed by atoms with E-state index in [9.17, 15) is 10.1 Å². The molecule has 0 unspecified atom stereocenters. The van der Waals surface area contributed by atoms with Gasteiger partial charge in [-0.15, -0.1) is 0 Å². The molecule has 6 nitrogen and oxygen atoms in total. The maximum Gasteiger partial charge on any atom is 0.266 e. The van der Waals surface area contributed by atoms with Crippen molar-refractivity contribution in [3.8, 4) is 23.3 Å². The molecule has 0 aliphatic carbocycles. The van der Waals surface area contributed by atoms with Crippen molar-refractivity contribution in [1.82, 2.24) is 0 Å². The number of nitrogens with one attached hydrogen (secondary N) is 1. The molecule has 0 saturated carbocycles. The van der Waals surface area contributed by atoms with Crippen molar-refractivity contribution in [3.63, 3.8) is 0 Å². The minimum atomic E-state index is -0.555. The fourth-order valence-corrected chi connectivity index (χ4v) is 4.24. The van der Waals surface area contributed by atoms with Crippen LogP contribution in [0.1, 0.15) is 22.3 Å². The molecule has 0 aliphatic heterocycles. The van der Waals surface area contributed by atoms with Gasteiger partial charge in [-0.25, -0.2) is 0 Å². The van der Waals surface area contributed by atoms with Gasteiger partial charge in [0.1, 0.15) is 30.6 Å². The summed E-state index contributed by atoms with van der Waals surface area (Å²) in [5.74, 6) is 0.874. The van der Waals surface area contributed by atoms with Gasteiger partial charge in [-0.3, -0.25) is 4.79 Å². The summed E-state index contributed by atoms with van der Waals surface area (Å²) in [5.41, 5.74) is 4.13. The molecule has 0 heterocycles. The molecule has 0 aromatic heterocycles. The number of aryl methyl sites for hydroxylation is 1. The number of carbonyl (C=O) groups is 1. The SMILES string of the molecule is COc1cc(/C=C(\C#N)C(=O)Nc2ccc(OCc3ccc(Br)cc3)cc2)cc(Cl)c1OCc1ccc(C)cc1. The van der Waals surface area contributed by atoms with Crippen molar-refractivity contribution in [2.45, 2.75) is 20.1 Å². The van der Waals surface area contributed by atoms with Crippen LogP contribution in [0.15, 0.2) is 95.0 Å². The Morgan fingerprint density at radius 2 is 1.57 bits per heavy atom. The molecule has 8 heteroatoms. The zero-order valence-corrected chi connectivity index (χ0v) is 24.3. The molecule has 0 atom stereocenters. The maximum absolute atomic E-state index is 12.8. The van der Waals surface area contributed by atoms with Gasteiger partial charge >= 0.3 is 0 Å². The first kappa shape index (κ1) is 28.8. The van der Waals surface area contributed by atoms with Crippen molar-refractivity contribution in [3.05, 3.63) is 122 Å². The van der Waals surface area contributed by atoms with Crippen molar-refractivity contribution in [1.29, 1.82) is 5.26 Å². The topological polar surface area (TPSA) is 80.6 Å². The maximum atomic E-state index is 12.8. The summed E-state index contributed by atoms with van der Waals surface area (Å²) in [6.07, 6.45) is 1.45. The van der Waals surface area contributed by atoms with Crippen LogP contribution in [0.5, 0.6) is 17.2 Å². The third kappa shape index (κ3) is 7.89. The van der Waals surface area contributed by atoms with Crippen LogP contribution in [-0.2, 0) is 18.0 Å². The average Bonchev–Trinajstić information content (AvgIpc) is 2.96. The number of carbonyl (C=O) groups excluding carboxylic acids is 1. The zero-order valence-electron chi connectivity index (χ0n) is 21.9. The Labute approximate surface area is 246 Å². The number of amides is 1. The quantitative estimate of drug-likeness (QED) is 0.144. The van der Waals surface area contributed by atoms with Crippen molar-refractivity contribution < 1.29 is 19.0 Å². The summed E-state index contributed by atoms with van der Waals surface area (Å²) < 4.78 is 18.2. The van der Waals surface area contributed by atoms with E-state index in [-0.39, 0.29) is 5.57 Å². The van der Waals surface area contributed by atoms with Gasteiger partial charge in [0.25, 0.3) is 5.91 Å². The molecule has 1 amide bonds. The molecule has 0 radical (unpaired) electrons. The third-order valence-corrected chi connectivity index (χ3v) is 6.67. The molecule has 4 aromatic rings. The molecule has 1 N–H and O–H groups in total. The highest BCUT2D eigenvalue weighted by Crippen LogP contribution is 2.37. The normalized spacial score (nSPS) is 10.9. The van der Waals surface area contributed by atoms with E-state index >= 15 is 0 Å². The van der Waals surface area contributed by atoms with Crippen molar-refractivity contribution in [2.75, 3.05) is 12.4 Å². The number of methoxy groups -OCH3 is 1. The number of hydrogen-bond acceptors (Lipinski definition) is 5. The van der Waals surface area contributed by atoms with Crippen molar-refractivity contribution in [2.24, 2.45) is 0 Å². The molecule has 4 aromatic carbocycles. The van der Waals surface area contributed by atoms with Crippen LogP contribution in [0.4, 0.5) is 5.69 Å². The molecule has 0 aliphatic rings. The smallest absolute Gasteiger partial charge is 0.266 e. The Hall–Kier alpha value is -4.25. The Bertz CT molecular complexity index is 1540. The standard InChI is InChI=1S/C32H26BrClN2O4/c1-21-3-5-22(6-4-21)20-40-31-29(34)16-24(17-30(31)38-2)15-25(18-35)32(37)36-27-11-13-28(14-12-27)39-19-23-7-9-26(33)10-8-23/h3-17H,19-20H2,1-2H3,(H,36,37)/b25-15+. The van der Waals surface area contributed by atoms with Gasteiger partial charge in [0.15, 0.2) is 11.5 Å². The average molecular weight is 618 g/mol. The summed E-state index contributed by atoms with van der Waals surface area (Å²) in [5, 5.41) is 12.7. The number of rotatable bonds is 10. The molecular weight excluding hydrogens is 592 g/mol. The van der Waals surface area contributed by atoms with E-state index in [1.165, 1.54) is 13.2 Å². The van der Waals surface area contributed by atoms with Gasteiger partial charge in [0, 0.05) is 10.2 Å². The molecule has 0 fully saturated rings. The molecule has 0 saturated heterocycles. The van der Waals surface area contributed by atoms with E-state index in [1.54, 1.807) is 36.4 Å². The molecular formula is C32H26BrClN2O4. The summed E-state index contributed by atoms with van der Waals surface area (Å²) in [6.45, 7) is 2.75. The molecule has 40 heavy (non-hydrogen) atoms. The summed E-state index contributed by atoms with van der Waals surface area (Å²) in [6, 6.07) is 28.0.